The second-order valence-corrected chi connectivity index (χ2v) is 6.72. The average molecular weight is 394 g/mol. The average Bonchev–Trinajstić information content (AvgIpc) is 2.43. The molecule has 1 heterocycles. The molecule has 2 N–H and O–H groups in total. The summed E-state index contributed by atoms with van der Waals surface area (Å²) in [6, 6.07) is 1.99. The Morgan fingerprint density at radius 2 is 2.14 bits per heavy atom. The Labute approximate surface area is 140 Å². The Balaban J connectivity index is 2.11. The van der Waals surface area contributed by atoms with Crippen LogP contribution in [0, 0.1) is 17.7 Å². The van der Waals surface area contributed by atoms with E-state index in [1.165, 1.54) is 11.0 Å². The van der Waals surface area contributed by atoms with Gasteiger partial charge in [0.05, 0.1) is 21.1 Å². The largest absolute Gasteiger partial charge is 0.481 e. The van der Waals surface area contributed by atoms with Crippen molar-refractivity contribution in [3.05, 3.63) is 27.4 Å². The van der Waals surface area contributed by atoms with Crippen LogP contribution < -0.4 is 5.32 Å². The van der Waals surface area contributed by atoms with Gasteiger partial charge in [-0.25, -0.2) is 9.18 Å². The van der Waals surface area contributed by atoms with Gasteiger partial charge in [-0.05, 0) is 34.3 Å². The zero-order chi connectivity index (χ0) is 16.4. The van der Waals surface area contributed by atoms with Gasteiger partial charge in [0.15, 0.2) is 0 Å². The third kappa shape index (κ3) is 3.89. The number of carbonyl (C=O) groups excluding carboxylic acids is 1. The molecule has 2 unspecified atom stereocenters. The van der Waals surface area contributed by atoms with Crippen LogP contribution in [0.15, 0.2) is 16.6 Å². The molecule has 1 aromatic rings. The van der Waals surface area contributed by atoms with Crippen LogP contribution in [0.4, 0.5) is 14.9 Å². The molecule has 0 spiro atoms. The van der Waals surface area contributed by atoms with Crippen LogP contribution in [0.2, 0.25) is 5.02 Å². The van der Waals surface area contributed by atoms with E-state index in [0.29, 0.717) is 13.0 Å². The number of benzene rings is 1. The van der Waals surface area contributed by atoms with Crippen molar-refractivity contribution in [1.29, 1.82) is 0 Å². The van der Waals surface area contributed by atoms with Gasteiger partial charge in [0.1, 0.15) is 5.82 Å². The molecule has 1 fully saturated rings. The number of carboxylic acids is 1. The topological polar surface area (TPSA) is 69.6 Å². The number of likely N-dealkylation sites (tertiary alicyclic amines) is 1. The predicted octanol–water partition coefficient (Wildman–Crippen LogP) is 3.82. The maximum absolute atomic E-state index is 13.5. The maximum Gasteiger partial charge on any atom is 0.321 e. The Bertz CT molecular complexity index is 614. The molecule has 120 valence electrons. The van der Waals surface area contributed by atoms with Crippen LogP contribution in [0.3, 0.4) is 0 Å². The number of amides is 2. The number of halogens is 3. The monoisotopic (exact) mass is 392 g/mol. The summed E-state index contributed by atoms with van der Waals surface area (Å²) in [5, 5.41) is 11.8. The van der Waals surface area contributed by atoms with E-state index in [1.807, 2.05) is 6.92 Å². The number of rotatable bonds is 2. The summed E-state index contributed by atoms with van der Waals surface area (Å²) in [7, 11) is 0. The number of nitrogens with one attached hydrogen (secondary N) is 1. The highest BCUT2D eigenvalue weighted by Crippen LogP contribution is 2.29. The number of carbonyl (C=O) groups is 2. The highest BCUT2D eigenvalue weighted by molar-refractivity contribution is 9.10. The molecule has 0 aromatic heterocycles. The number of anilines is 1. The summed E-state index contributed by atoms with van der Waals surface area (Å²) in [6.45, 7) is 2.47. The first-order valence-corrected chi connectivity index (χ1v) is 7.88. The first-order valence-electron chi connectivity index (χ1n) is 6.71. The summed E-state index contributed by atoms with van der Waals surface area (Å²) in [5.41, 5.74) is 0.150. The van der Waals surface area contributed by atoms with E-state index in [4.69, 9.17) is 16.7 Å². The van der Waals surface area contributed by atoms with E-state index in [9.17, 15) is 14.0 Å². The molecule has 0 saturated carbocycles. The Morgan fingerprint density at radius 1 is 1.45 bits per heavy atom. The van der Waals surface area contributed by atoms with Crippen molar-refractivity contribution < 1.29 is 19.1 Å². The fourth-order valence-electron chi connectivity index (χ4n) is 2.51. The molecule has 0 aliphatic carbocycles. The van der Waals surface area contributed by atoms with E-state index < -0.39 is 23.7 Å². The normalized spacial score (nSPS) is 21.5. The van der Waals surface area contributed by atoms with Gasteiger partial charge in [-0.1, -0.05) is 18.5 Å². The molecule has 2 atom stereocenters. The SMILES string of the molecule is CC1CC(C(=O)O)CN(C(=O)Nc2cc(F)c(Br)cc2Cl)C1. The summed E-state index contributed by atoms with van der Waals surface area (Å²) >= 11 is 8.98. The predicted molar refractivity (Wildman–Crippen MR) is 84.6 cm³/mol. The highest BCUT2D eigenvalue weighted by atomic mass is 79.9. The zero-order valence-corrected chi connectivity index (χ0v) is 14.1. The lowest BCUT2D eigenvalue weighted by Crippen LogP contribution is -2.47. The fourth-order valence-corrected chi connectivity index (χ4v) is 3.19. The lowest BCUT2D eigenvalue weighted by atomic mass is 9.91. The van der Waals surface area contributed by atoms with Crippen molar-refractivity contribution in [1.82, 2.24) is 4.90 Å². The first kappa shape index (κ1) is 17.0. The van der Waals surface area contributed by atoms with E-state index in [-0.39, 0.29) is 27.6 Å². The molecular formula is C14H15BrClFN2O3. The Morgan fingerprint density at radius 3 is 2.77 bits per heavy atom. The number of carboxylic acid groups (broad SMARTS) is 1. The number of hydrogen-bond donors (Lipinski definition) is 2. The third-order valence-electron chi connectivity index (χ3n) is 3.55. The lowest BCUT2D eigenvalue weighted by molar-refractivity contribution is -0.143. The molecule has 1 aromatic carbocycles. The van der Waals surface area contributed by atoms with Crippen molar-refractivity contribution in [3.63, 3.8) is 0 Å². The minimum atomic E-state index is -0.919. The van der Waals surface area contributed by atoms with Gasteiger partial charge in [0, 0.05) is 19.2 Å². The van der Waals surface area contributed by atoms with Crippen LogP contribution in [0.5, 0.6) is 0 Å². The summed E-state index contributed by atoms with van der Waals surface area (Å²) in [4.78, 5) is 24.8. The van der Waals surface area contributed by atoms with E-state index in [0.717, 1.165) is 6.07 Å². The van der Waals surface area contributed by atoms with Gasteiger partial charge in [0.25, 0.3) is 0 Å². The number of nitrogens with zero attached hydrogens (tertiary/aromatic N) is 1. The van der Waals surface area contributed by atoms with Gasteiger partial charge in [-0.15, -0.1) is 0 Å². The second-order valence-electron chi connectivity index (χ2n) is 5.46. The van der Waals surface area contributed by atoms with Gasteiger partial charge in [-0.2, -0.15) is 0 Å². The second kappa shape index (κ2) is 6.83. The van der Waals surface area contributed by atoms with E-state index in [2.05, 4.69) is 21.2 Å². The minimum absolute atomic E-state index is 0.0812. The molecule has 22 heavy (non-hydrogen) atoms. The van der Waals surface area contributed by atoms with Crippen LogP contribution in [-0.2, 0) is 4.79 Å². The van der Waals surface area contributed by atoms with Gasteiger partial charge < -0.3 is 15.3 Å². The fraction of sp³-hybridized carbons (Fsp3) is 0.429. The number of hydrogen-bond acceptors (Lipinski definition) is 2. The van der Waals surface area contributed by atoms with Crippen LogP contribution >= 0.6 is 27.5 Å². The first-order chi connectivity index (χ1) is 10.3. The zero-order valence-electron chi connectivity index (χ0n) is 11.8. The van der Waals surface area contributed by atoms with Crippen LogP contribution in [-0.4, -0.2) is 35.1 Å². The van der Waals surface area contributed by atoms with Crippen molar-refractivity contribution in [2.75, 3.05) is 18.4 Å². The van der Waals surface area contributed by atoms with Crippen molar-refractivity contribution in [2.45, 2.75) is 13.3 Å². The molecule has 1 saturated heterocycles. The number of aliphatic carboxylic acids is 1. The summed E-state index contributed by atoms with van der Waals surface area (Å²) in [5.74, 6) is -1.98. The van der Waals surface area contributed by atoms with Gasteiger partial charge in [0.2, 0.25) is 0 Å². The Kier molecular flexibility index (Phi) is 5.28. The van der Waals surface area contributed by atoms with Gasteiger partial charge in [-0.3, -0.25) is 4.79 Å². The molecule has 1 aliphatic heterocycles. The number of piperidine rings is 1. The van der Waals surface area contributed by atoms with Crippen molar-refractivity contribution >= 4 is 45.2 Å². The molecule has 1 aliphatic rings. The smallest absolute Gasteiger partial charge is 0.321 e. The molecule has 0 radical (unpaired) electrons. The summed E-state index contributed by atoms with van der Waals surface area (Å²) in [6.07, 6.45) is 0.535. The Hall–Kier alpha value is -1.34. The highest BCUT2D eigenvalue weighted by Gasteiger charge is 2.32. The standard InChI is InChI=1S/C14H15BrClFN2O3/c1-7-2-8(13(20)21)6-19(5-7)14(22)18-12-4-11(17)9(15)3-10(12)16/h3-4,7-8H,2,5-6H2,1H3,(H,18,22)(H,20,21). The van der Waals surface area contributed by atoms with E-state index >= 15 is 0 Å². The van der Waals surface area contributed by atoms with Crippen molar-refractivity contribution in [3.8, 4) is 0 Å². The molecule has 0 bridgehead atoms. The molecule has 8 heteroatoms. The van der Waals surface area contributed by atoms with Gasteiger partial charge >= 0.3 is 12.0 Å². The number of urea groups is 1. The molecule has 5 nitrogen and oxygen atoms in total. The minimum Gasteiger partial charge on any atom is -0.481 e. The molecule has 2 amide bonds. The summed E-state index contributed by atoms with van der Waals surface area (Å²) < 4.78 is 13.7. The quantitative estimate of drug-likeness (QED) is 0.751. The van der Waals surface area contributed by atoms with E-state index in [1.54, 1.807) is 0 Å². The lowest BCUT2D eigenvalue weighted by Gasteiger charge is -2.34. The van der Waals surface area contributed by atoms with Crippen molar-refractivity contribution in [2.24, 2.45) is 11.8 Å². The van der Waals surface area contributed by atoms with Crippen LogP contribution in [0.25, 0.3) is 0 Å². The maximum atomic E-state index is 13.5. The van der Waals surface area contributed by atoms with Crippen LogP contribution in [0.1, 0.15) is 13.3 Å². The third-order valence-corrected chi connectivity index (χ3v) is 4.47. The molecule has 2 rings (SSSR count). The molecular weight excluding hydrogens is 379 g/mol.